The first-order valence-electron chi connectivity index (χ1n) is 8.75. The van der Waals surface area contributed by atoms with Crippen molar-refractivity contribution in [3.8, 4) is 0 Å². The fourth-order valence-electron chi connectivity index (χ4n) is 3.15. The van der Waals surface area contributed by atoms with E-state index in [0.717, 1.165) is 17.7 Å². The van der Waals surface area contributed by atoms with E-state index in [2.05, 4.69) is 29.4 Å². The zero-order chi connectivity index (χ0) is 18.8. The highest BCUT2D eigenvalue weighted by atomic mass is 16.6. The highest BCUT2D eigenvalue weighted by Gasteiger charge is 2.45. The molecule has 1 fully saturated rings. The second-order valence-electron chi connectivity index (χ2n) is 6.63. The third kappa shape index (κ3) is 3.51. The molecule has 3 rings (SSSR count). The number of hydrogen-bond donors (Lipinski definition) is 4. The summed E-state index contributed by atoms with van der Waals surface area (Å²) in [4.78, 5) is 0. The van der Waals surface area contributed by atoms with E-state index < -0.39 is 37.3 Å². The number of rotatable bonds is 5. The van der Waals surface area contributed by atoms with E-state index in [0.29, 0.717) is 12.1 Å². The van der Waals surface area contributed by atoms with Crippen molar-refractivity contribution in [2.24, 2.45) is 0 Å². The molecular formula is C18H25N3O5. The van der Waals surface area contributed by atoms with Gasteiger partial charge in [0, 0.05) is 6.42 Å². The summed E-state index contributed by atoms with van der Waals surface area (Å²) in [6.07, 6.45) is -4.68. The number of ether oxygens (including phenoxy) is 1. The Morgan fingerprint density at radius 2 is 1.69 bits per heavy atom. The van der Waals surface area contributed by atoms with Gasteiger partial charge in [-0.05, 0) is 24.5 Å². The van der Waals surface area contributed by atoms with E-state index in [4.69, 9.17) is 4.74 Å². The third-order valence-corrected chi connectivity index (χ3v) is 4.93. The molecule has 0 aliphatic carbocycles. The molecule has 1 aromatic carbocycles. The van der Waals surface area contributed by atoms with Crippen LogP contribution in [0.2, 0.25) is 0 Å². The number of aryl methyl sites for hydroxylation is 1. The molecule has 0 bridgehead atoms. The molecule has 1 aromatic heterocycles. The van der Waals surface area contributed by atoms with Gasteiger partial charge in [0.15, 0.2) is 6.23 Å². The van der Waals surface area contributed by atoms with E-state index in [1.807, 2.05) is 12.1 Å². The Hall–Kier alpha value is -1.84. The van der Waals surface area contributed by atoms with Gasteiger partial charge in [-0.2, -0.15) is 0 Å². The summed E-state index contributed by atoms with van der Waals surface area (Å²) in [5, 5.41) is 47.7. The predicted octanol–water partition coefficient (Wildman–Crippen LogP) is -0.288. The molecular weight excluding hydrogens is 338 g/mol. The number of nitrogens with zero attached hydrogens (tertiary/aromatic N) is 3. The number of aliphatic hydroxyl groups excluding tert-OH is 4. The topological polar surface area (TPSA) is 121 Å². The number of aliphatic hydroxyl groups is 4. The smallest absolute Gasteiger partial charge is 0.181 e. The summed E-state index contributed by atoms with van der Waals surface area (Å²) in [5.41, 5.74) is 3.77. The van der Waals surface area contributed by atoms with Crippen LogP contribution in [0.15, 0.2) is 24.3 Å². The van der Waals surface area contributed by atoms with Crippen LogP contribution in [0.1, 0.15) is 35.7 Å². The minimum absolute atomic E-state index is 0.480. The summed E-state index contributed by atoms with van der Waals surface area (Å²) < 4.78 is 6.93. The summed E-state index contributed by atoms with van der Waals surface area (Å²) in [5.74, 6) is 0. The third-order valence-electron chi connectivity index (χ3n) is 4.93. The van der Waals surface area contributed by atoms with Crippen molar-refractivity contribution in [2.75, 3.05) is 6.61 Å². The van der Waals surface area contributed by atoms with Crippen LogP contribution in [-0.2, 0) is 17.6 Å². The highest BCUT2D eigenvalue weighted by molar-refractivity contribution is 5.27. The number of aromatic nitrogens is 3. The second kappa shape index (κ2) is 7.81. The van der Waals surface area contributed by atoms with Crippen molar-refractivity contribution < 1.29 is 25.2 Å². The zero-order valence-corrected chi connectivity index (χ0v) is 14.9. The van der Waals surface area contributed by atoms with Crippen molar-refractivity contribution in [3.63, 3.8) is 0 Å². The molecule has 8 nitrogen and oxygen atoms in total. The largest absolute Gasteiger partial charge is 0.394 e. The molecule has 142 valence electrons. The Kier molecular flexibility index (Phi) is 5.69. The SMILES string of the molecule is CCc1ccc(Cc2nnn(C3O[C@H](CO)[C@@H](O)[C@H](O)[C@H]3O)c2C)cc1. The number of benzene rings is 1. The maximum atomic E-state index is 10.3. The Balaban J connectivity index is 1.81. The van der Waals surface area contributed by atoms with Crippen LogP contribution in [0.5, 0.6) is 0 Å². The van der Waals surface area contributed by atoms with E-state index in [-0.39, 0.29) is 0 Å². The molecule has 8 heteroatoms. The van der Waals surface area contributed by atoms with Gasteiger partial charge in [-0.3, -0.25) is 0 Å². The summed E-state index contributed by atoms with van der Waals surface area (Å²) in [6.45, 7) is 3.42. The Labute approximate surface area is 151 Å². The van der Waals surface area contributed by atoms with Crippen molar-refractivity contribution >= 4 is 0 Å². The molecule has 1 aliphatic rings. The van der Waals surface area contributed by atoms with Crippen LogP contribution < -0.4 is 0 Å². The van der Waals surface area contributed by atoms with Crippen LogP contribution in [0.3, 0.4) is 0 Å². The van der Waals surface area contributed by atoms with Crippen LogP contribution in [0.25, 0.3) is 0 Å². The summed E-state index contributed by atoms with van der Waals surface area (Å²) in [7, 11) is 0. The zero-order valence-electron chi connectivity index (χ0n) is 14.9. The van der Waals surface area contributed by atoms with Gasteiger partial charge in [0.05, 0.1) is 18.0 Å². The molecule has 0 radical (unpaired) electrons. The van der Waals surface area contributed by atoms with E-state index >= 15 is 0 Å². The highest BCUT2D eigenvalue weighted by Crippen LogP contribution is 2.29. The van der Waals surface area contributed by atoms with E-state index in [9.17, 15) is 20.4 Å². The van der Waals surface area contributed by atoms with Crippen LogP contribution in [0, 0.1) is 6.92 Å². The van der Waals surface area contributed by atoms with Gasteiger partial charge in [-0.15, -0.1) is 5.10 Å². The maximum Gasteiger partial charge on any atom is 0.181 e. The first-order chi connectivity index (χ1) is 12.5. The Morgan fingerprint density at radius 3 is 2.31 bits per heavy atom. The molecule has 5 atom stereocenters. The average molecular weight is 363 g/mol. The molecule has 0 amide bonds. The minimum atomic E-state index is -1.44. The van der Waals surface area contributed by atoms with Crippen molar-refractivity contribution in [1.29, 1.82) is 0 Å². The van der Waals surface area contributed by atoms with Gasteiger partial charge in [0.1, 0.15) is 24.4 Å². The molecule has 1 unspecified atom stereocenters. The molecule has 0 spiro atoms. The maximum absolute atomic E-state index is 10.3. The van der Waals surface area contributed by atoms with Crippen molar-refractivity contribution in [3.05, 3.63) is 46.8 Å². The van der Waals surface area contributed by atoms with Crippen molar-refractivity contribution in [2.45, 2.75) is 57.3 Å². The van der Waals surface area contributed by atoms with Crippen LogP contribution in [0.4, 0.5) is 0 Å². The van der Waals surface area contributed by atoms with Crippen LogP contribution in [-0.4, -0.2) is 66.4 Å². The lowest BCUT2D eigenvalue weighted by Gasteiger charge is -2.39. The molecule has 2 aromatic rings. The van der Waals surface area contributed by atoms with Gasteiger partial charge in [0.2, 0.25) is 0 Å². The van der Waals surface area contributed by atoms with Crippen molar-refractivity contribution in [1.82, 2.24) is 15.0 Å². The summed E-state index contributed by atoms with van der Waals surface area (Å²) >= 11 is 0. The second-order valence-corrected chi connectivity index (χ2v) is 6.63. The fourth-order valence-corrected chi connectivity index (χ4v) is 3.15. The lowest BCUT2D eigenvalue weighted by molar-refractivity contribution is -0.254. The molecule has 4 N–H and O–H groups in total. The lowest BCUT2D eigenvalue weighted by Crippen LogP contribution is -2.56. The predicted molar refractivity (Wildman–Crippen MR) is 92.4 cm³/mol. The summed E-state index contributed by atoms with van der Waals surface area (Å²) in [6, 6.07) is 8.25. The standard InChI is InChI=1S/C18H25N3O5/c1-3-11-4-6-12(7-5-11)8-13-10(2)21(20-19-13)18-17(25)16(24)15(23)14(9-22)26-18/h4-7,14-18,22-25H,3,8-9H2,1-2H3/t14-,15-,16+,17-,18?/m1/s1. The van der Waals surface area contributed by atoms with Gasteiger partial charge < -0.3 is 25.2 Å². The molecule has 26 heavy (non-hydrogen) atoms. The molecule has 0 saturated carbocycles. The van der Waals surface area contributed by atoms with E-state index in [1.54, 1.807) is 6.92 Å². The first-order valence-corrected chi connectivity index (χ1v) is 8.75. The molecule has 2 heterocycles. The fraction of sp³-hybridized carbons (Fsp3) is 0.556. The Morgan fingerprint density at radius 1 is 1.04 bits per heavy atom. The average Bonchev–Trinajstić information content (AvgIpc) is 3.01. The molecule has 1 aliphatic heterocycles. The van der Waals surface area contributed by atoms with Gasteiger partial charge >= 0.3 is 0 Å². The first kappa shape index (κ1) is 18.9. The van der Waals surface area contributed by atoms with Crippen LogP contribution >= 0.6 is 0 Å². The number of hydrogen-bond acceptors (Lipinski definition) is 7. The molecule has 1 saturated heterocycles. The van der Waals surface area contributed by atoms with Gasteiger partial charge in [-0.1, -0.05) is 36.4 Å². The monoisotopic (exact) mass is 363 g/mol. The lowest BCUT2D eigenvalue weighted by atomic mass is 9.98. The minimum Gasteiger partial charge on any atom is -0.394 e. The van der Waals surface area contributed by atoms with E-state index in [1.165, 1.54) is 10.2 Å². The van der Waals surface area contributed by atoms with Gasteiger partial charge in [-0.25, -0.2) is 4.68 Å². The van der Waals surface area contributed by atoms with Gasteiger partial charge in [0.25, 0.3) is 0 Å². The Bertz CT molecular complexity index is 731. The normalized spacial score (nSPS) is 29.1. The quantitative estimate of drug-likeness (QED) is 0.576.